The summed E-state index contributed by atoms with van der Waals surface area (Å²) in [6, 6.07) is 8.63. The van der Waals surface area contributed by atoms with Crippen molar-refractivity contribution < 1.29 is 13.2 Å². The van der Waals surface area contributed by atoms with Crippen molar-refractivity contribution in [3.8, 4) is 5.88 Å². The number of hydrogen-bond acceptors (Lipinski definition) is 5. The fourth-order valence-corrected chi connectivity index (χ4v) is 4.26. The lowest BCUT2D eigenvalue weighted by Gasteiger charge is -2.31. The normalized spacial score (nSPS) is 19.2. The van der Waals surface area contributed by atoms with Gasteiger partial charge < -0.3 is 4.74 Å². The minimum atomic E-state index is -3.49. The number of rotatable bonds is 4. The molecule has 128 valence electrons. The van der Waals surface area contributed by atoms with E-state index < -0.39 is 10.0 Å². The van der Waals surface area contributed by atoms with Gasteiger partial charge >= 0.3 is 0 Å². The zero-order chi connectivity index (χ0) is 17.2. The van der Waals surface area contributed by atoms with Gasteiger partial charge in [-0.3, -0.25) is 0 Å². The Balaban J connectivity index is 1.74. The molecule has 1 unspecified atom stereocenters. The highest BCUT2D eigenvalue weighted by Gasteiger charge is 2.31. The minimum absolute atomic E-state index is 0.201. The third-order valence-electron chi connectivity index (χ3n) is 4.04. The topological polar surface area (TPSA) is 72.4 Å². The predicted octanol–water partition coefficient (Wildman–Crippen LogP) is 2.33. The molecule has 1 fully saturated rings. The maximum atomic E-state index is 12.8. The molecule has 0 aliphatic carbocycles. The molecule has 1 aromatic heterocycles. The number of piperidine rings is 1. The maximum Gasteiger partial charge on any atom is 0.243 e. The van der Waals surface area contributed by atoms with E-state index in [1.54, 1.807) is 31.3 Å². The lowest BCUT2D eigenvalue weighted by Crippen LogP contribution is -2.44. The molecule has 0 radical (unpaired) electrons. The molecule has 2 heterocycles. The summed E-state index contributed by atoms with van der Waals surface area (Å²) in [6.45, 7) is 4.57. The standard InChI is InChI=1S/C17H21N3O3S/c1-13-5-7-16(8-6-13)24(21,22)20-11-3-4-15(12-20)23-17-9-10-18-14(2)19-17/h5-10,15H,3-4,11-12H2,1-2H3. The van der Waals surface area contributed by atoms with E-state index in [0.717, 1.165) is 18.4 Å². The highest BCUT2D eigenvalue weighted by molar-refractivity contribution is 7.89. The smallest absolute Gasteiger partial charge is 0.243 e. The third-order valence-corrected chi connectivity index (χ3v) is 5.92. The number of hydrogen-bond donors (Lipinski definition) is 0. The highest BCUT2D eigenvalue weighted by atomic mass is 32.2. The highest BCUT2D eigenvalue weighted by Crippen LogP contribution is 2.23. The number of aromatic nitrogens is 2. The van der Waals surface area contributed by atoms with Crippen LogP contribution in [0.5, 0.6) is 5.88 Å². The van der Waals surface area contributed by atoms with Crippen molar-refractivity contribution in [2.45, 2.75) is 37.7 Å². The molecular formula is C17H21N3O3S. The van der Waals surface area contributed by atoms with Gasteiger partial charge in [0.1, 0.15) is 11.9 Å². The second-order valence-electron chi connectivity index (χ2n) is 6.00. The van der Waals surface area contributed by atoms with Gasteiger partial charge in [-0.25, -0.2) is 13.4 Å². The lowest BCUT2D eigenvalue weighted by atomic mass is 10.1. The summed E-state index contributed by atoms with van der Waals surface area (Å²) in [4.78, 5) is 8.58. The first kappa shape index (κ1) is 16.9. The van der Waals surface area contributed by atoms with Crippen LogP contribution in [0.4, 0.5) is 0 Å². The van der Waals surface area contributed by atoms with Crippen LogP contribution in [0.2, 0.25) is 0 Å². The summed E-state index contributed by atoms with van der Waals surface area (Å²) in [7, 11) is -3.49. The fraction of sp³-hybridized carbons (Fsp3) is 0.412. The minimum Gasteiger partial charge on any atom is -0.473 e. The van der Waals surface area contributed by atoms with Crippen LogP contribution in [0, 0.1) is 13.8 Å². The van der Waals surface area contributed by atoms with Gasteiger partial charge in [-0.2, -0.15) is 9.29 Å². The van der Waals surface area contributed by atoms with Crippen molar-refractivity contribution in [3.05, 3.63) is 47.9 Å². The summed E-state index contributed by atoms with van der Waals surface area (Å²) in [6.07, 6.45) is 3.01. The summed E-state index contributed by atoms with van der Waals surface area (Å²) in [5, 5.41) is 0. The van der Waals surface area contributed by atoms with Crippen LogP contribution in [0.3, 0.4) is 0 Å². The van der Waals surface area contributed by atoms with Gasteiger partial charge in [0.2, 0.25) is 15.9 Å². The Bertz CT molecular complexity index is 806. The Labute approximate surface area is 142 Å². The van der Waals surface area contributed by atoms with Gasteiger partial charge in [-0.05, 0) is 38.8 Å². The summed E-state index contributed by atoms with van der Waals surface area (Å²) in [5.74, 6) is 1.12. The molecule has 0 spiro atoms. The predicted molar refractivity (Wildman–Crippen MR) is 90.4 cm³/mol. The van der Waals surface area contributed by atoms with Gasteiger partial charge in [0, 0.05) is 18.8 Å². The van der Waals surface area contributed by atoms with E-state index in [2.05, 4.69) is 9.97 Å². The van der Waals surface area contributed by atoms with E-state index in [9.17, 15) is 8.42 Å². The van der Waals surface area contributed by atoms with Crippen molar-refractivity contribution in [2.24, 2.45) is 0 Å². The first-order valence-electron chi connectivity index (χ1n) is 7.98. The van der Waals surface area contributed by atoms with Gasteiger partial charge in [0.05, 0.1) is 11.4 Å². The Morgan fingerprint density at radius 2 is 1.92 bits per heavy atom. The van der Waals surface area contributed by atoms with E-state index in [1.165, 1.54) is 4.31 Å². The molecule has 0 bridgehead atoms. The third kappa shape index (κ3) is 3.73. The molecule has 6 nitrogen and oxygen atoms in total. The van der Waals surface area contributed by atoms with Crippen LogP contribution < -0.4 is 4.74 Å². The van der Waals surface area contributed by atoms with Crippen LogP contribution in [0.1, 0.15) is 24.2 Å². The molecule has 24 heavy (non-hydrogen) atoms. The Morgan fingerprint density at radius 3 is 2.62 bits per heavy atom. The second-order valence-corrected chi connectivity index (χ2v) is 7.94. The summed E-state index contributed by atoms with van der Waals surface area (Å²) >= 11 is 0. The number of aryl methyl sites for hydroxylation is 2. The van der Waals surface area contributed by atoms with Crippen LogP contribution in [0.25, 0.3) is 0 Å². The number of benzene rings is 1. The lowest BCUT2D eigenvalue weighted by molar-refractivity contribution is 0.124. The number of sulfonamides is 1. The van der Waals surface area contributed by atoms with Gasteiger partial charge in [0.25, 0.3) is 0 Å². The first-order chi connectivity index (χ1) is 11.4. The van der Waals surface area contributed by atoms with Crippen molar-refractivity contribution in [2.75, 3.05) is 13.1 Å². The maximum absolute atomic E-state index is 12.8. The van der Waals surface area contributed by atoms with Crippen molar-refractivity contribution in [1.82, 2.24) is 14.3 Å². The number of nitrogens with zero attached hydrogens (tertiary/aromatic N) is 3. The fourth-order valence-electron chi connectivity index (χ4n) is 2.75. The average molecular weight is 347 g/mol. The van der Waals surface area contributed by atoms with Crippen LogP contribution in [-0.2, 0) is 10.0 Å². The SMILES string of the molecule is Cc1ccc(S(=O)(=O)N2CCCC(Oc3ccnc(C)n3)C2)cc1. The molecule has 1 aromatic carbocycles. The molecular weight excluding hydrogens is 326 g/mol. The van der Waals surface area contributed by atoms with Gasteiger partial charge in [0.15, 0.2) is 0 Å². The van der Waals surface area contributed by atoms with Crippen LogP contribution in [-0.4, -0.2) is 41.9 Å². The molecule has 0 N–H and O–H groups in total. The first-order valence-corrected chi connectivity index (χ1v) is 9.42. The van der Waals surface area contributed by atoms with Crippen molar-refractivity contribution in [3.63, 3.8) is 0 Å². The zero-order valence-electron chi connectivity index (χ0n) is 13.8. The van der Waals surface area contributed by atoms with Crippen LogP contribution in [0.15, 0.2) is 41.4 Å². The van der Waals surface area contributed by atoms with Gasteiger partial charge in [-0.1, -0.05) is 17.7 Å². The average Bonchev–Trinajstić information content (AvgIpc) is 2.55. The Kier molecular flexibility index (Phi) is 4.82. The second kappa shape index (κ2) is 6.86. The Hall–Kier alpha value is -1.99. The molecule has 0 saturated carbocycles. The molecule has 2 aromatic rings. The largest absolute Gasteiger partial charge is 0.473 e. The van der Waals surface area contributed by atoms with E-state index in [4.69, 9.17) is 4.74 Å². The van der Waals surface area contributed by atoms with Gasteiger partial charge in [-0.15, -0.1) is 0 Å². The van der Waals surface area contributed by atoms with E-state index in [-0.39, 0.29) is 6.10 Å². The summed E-state index contributed by atoms with van der Waals surface area (Å²) < 4.78 is 32.9. The molecule has 1 aliphatic rings. The molecule has 1 aliphatic heterocycles. The van der Waals surface area contributed by atoms with E-state index >= 15 is 0 Å². The molecule has 1 saturated heterocycles. The molecule has 0 amide bonds. The quantitative estimate of drug-likeness (QED) is 0.849. The monoisotopic (exact) mass is 347 g/mol. The number of ether oxygens (including phenoxy) is 1. The zero-order valence-corrected chi connectivity index (χ0v) is 14.7. The van der Waals surface area contributed by atoms with E-state index in [1.807, 2.05) is 19.1 Å². The molecule has 7 heteroatoms. The molecule has 3 rings (SSSR count). The van der Waals surface area contributed by atoms with Crippen molar-refractivity contribution in [1.29, 1.82) is 0 Å². The van der Waals surface area contributed by atoms with E-state index in [0.29, 0.717) is 29.7 Å². The Morgan fingerprint density at radius 1 is 1.17 bits per heavy atom. The summed E-state index contributed by atoms with van der Waals surface area (Å²) in [5.41, 5.74) is 1.04. The molecule has 1 atom stereocenters. The van der Waals surface area contributed by atoms with Crippen molar-refractivity contribution >= 4 is 10.0 Å². The van der Waals surface area contributed by atoms with Crippen LogP contribution >= 0.6 is 0 Å².